The van der Waals surface area contributed by atoms with Crippen LogP contribution >= 0.6 is 0 Å². The number of hydrogen-bond acceptors (Lipinski definition) is 5. The van der Waals surface area contributed by atoms with Crippen LogP contribution in [-0.4, -0.2) is 37.9 Å². The minimum atomic E-state index is -0.224. The van der Waals surface area contributed by atoms with Crippen molar-refractivity contribution in [2.45, 2.75) is 31.9 Å². The van der Waals surface area contributed by atoms with E-state index in [4.69, 9.17) is 14.2 Å². The van der Waals surface area contributed by atoms with E-state index in [1.807, 2.05) is 18.2 Å². The molecule has 2 heterocycles. The molecule has 0 radical (unpaired) electrons. The SMILES string of the molecule is O=C(NCc1ccc2c(c1)OCO2)C1CC1C(=O)NCC1CCCO1. The molecule has 0 aromatic heterocycles. The van der Waals surface area contributed by atoms with Gasteiger partial charge in [0, 0.05) is 19.7 Å². The van der Waals surface area contributed by atoms with Gasteiger partial charge >= 0.3 is 0 Å². The fraction of sp³-hybridized carbons (Fsp3) is 0.556. The van der Waals surface area contributed by atoms with Crippen molar-refractivity contribution in [3.05, 3.63) is 23.8 Å². The zero-order valence-electron chi connectivity index (χ0n) is 14.0. The molecule has 4 rings (SSSR count). The first-order chi connectivity index (χ1) is 12.2. The van der Waals surface area contributed by atoms with Crippen LogP contribution in [0, 0.1) is 11.8 Å². The van der Waals surface area contributed by atoms with Gasteiger partial charge in [-0.3, -0.25) is 9.59 Å². The summed E-state index contributed by atoms with van der Waals surface area (Å²) < 4.78 is 16.1. The van der Waals surface area contributed by atoms with Crippen LogP contribution in [0.25, 0.3) is 0 Å². The molecular weight excluding hydrogens is 324 g/mol. The van der Waals surface area contributed by atoms with Crippen LogP contribution in [0.2, 0.25) is 0 Å². The standard InChI is InChI=1S/C18H22N2O5/c21-17(19-8-11-3-4-15-16(6-11)25-10-24-15)13-7-14(13)18(22)20-9-12-2-1-5-23-12/h3-4,6,12-14H,1-2,5,7-10H2,(H,19,21)(H,20,22). The van der Waals surface area contributed by atoms with Gasteiger partial charge in [-0.15, -0.1) is 0 Å². The fourth-order valence-electron chi connectivity index (χ4n) is 3.30. The van der Waals surface area contributed by atoms with Crippen LogP contribution in [0.5, 0.6) is 11.5 Å². The molecule has 1 aromatic carbocycles. The van der Waals surface area contributed by atoms with Crippen LogP contribution in [0.3, 0.4) is 0 Å². The largest absolute Gasteiger partial charge is 0.454 e. The molecule has 134 valence electrons. The lowest BCUT2D eigenvalue weighted by molar-refractivity contribution is -0.127. The monoisotopic (exact) mass is 346 g/mol. The van der Waals surface area contributed by atoms with Crippen LogP contribution in [-0.2, 0) is 20.9 Å². The van der Waals surface area contributed by atoms with Gasteiger partial charge in [0.2, 0.25) is 18.6 Å². The summed E-state index contributed by atoms with van der Waals surface area (Å²) in [6.45, 7) is 1.96. The summed E-state index contributed by atoms with van der Waals surface area (Å²) >= 11 is 0. The van der Waals surface area contributed by atoms with Crippen LogP contribution < -0.4 is 20.1 Å². The summed E-state index contributed by atoms with van der Waals surface area (Å²) in [6, 6.07) is 5.59. The molecule has 25 heavy (non-hydrogen) atoms. The van der Waals surface area contributed by atoms with Crippen LogP contribution in [0.4, 0.5) is 0 Å². The van der Waals surface area contributed by atoms with Crippen molar-refractivity contribution in [3.63, 3.8) is 0 Å². The third kappa shape index (κ3) is 3.71. The Labute approximate surface area is 146 Å². The van der Waals surface area contributed by atoms with E-state index in [1.54, 1.807) is 0 Å². The molecule has 1 saturated heterocycles. The van der Waals surface area contributed by atoms with Crippen molar-refractivity contribution < 1.29 is 23.8 Å². The van der Waals surface area contributed by atoms with Gasteiger partial charge in [0.05, 0.1) is 17.9 Å². The Morgan fingerprint density at radius 2 is 1.88 bits per heavy atom. The Morgan fingerprint density at radius 1 is 1.08 bits per heavy atom. The molecule has 2 fully saturated rings. The van der Waals surface area contributed by atoms with Crippen LogP contribution in [0.1, 0.15) is 24.8 Å². The first-order valence-electron chi connectivity index (χ1n) is 8.76. The first kappa shape index (κ1) is 16.2. The second-order valence-corrected chi connectivity index (χ2v) is 6.73. The van der Waals surface area contributed by atoms with Gasteiger partial charge in [-0.2, -0.15) is 0 Å². The van der Waals surface area contributed by atoms with Gasteiger partial charge in [-0.25, -0.2) is 0 Å². The summed E-state index contributed by atoms with van der Waals surface area (Å²) in [7, 11) is 0. The maximum absolute atomic E-state index is 12.2. The first-order valence-corrected chi connectivity index (χ1v) is 8.76. The highest BCUT2D eigenvalue weighted by atomic mass is 16.7. The zero-order valence-corrected chi connectivity index (χ0v) is 14.0. The molecular formula is C18H22N2O5. The third-order valence-electron chi connectivity index (χ3n) is 4.90. The van der Waals surface area contributed by atoms with E-state index in [9.17, 15) is 9.59 Å². The predicted octanol–water partition coefficient (Wildman–Crippen LogP) is 0.963. The number of rotatable bonds is 6. The number of benzene rings is 1. The highest BCUT2D eigenvalue weighted by Gasteiger charge is 2.47. The molecule has 2 aliphatic heterocycles. The smallest absolute Gasteiger partial charge is 0.231 e. The normalized spacial score (nSPS) is 26.3. The molecule has 0 bridgehead atoms. The Balaban J connectivity index is 1.20. The Bertz CT molecular complexity index is 671. The van der Waals surface area contributed by atoms with E-state index in [1.165, 1.54) is 0 Å². The lowest BCUT2D eigenvalue weighted by Crippen LogP contribution is -2.34. The van der Waals surface area contributed by atoms with Crippen molar-refractivity contribution in [3.8, 4) is 11.5 Å². The average molecular weight is 346 g/mol. The zero-order chi connectivity index (χ0) is 17.2. The van der Waals surface area contributed by atoms with Gasteiger partial charge in [-0.1, -0.05) is 6.07 Å². The van der Waals surface area contributed by atoms with E-state index < -0.39 is 0 Å². The Kier molecular flexibility index (Phi) is 4.48. The number of carbonyl (C=O) groups excluding carboxylic acids is 2. The average Bonchev–Trinajstić information content (AvgIpc) is 3.04. The number of fused-ring (bicyclic) bond motifs is 1. The second kappa shape index (κ2) is 6.92. The number of amides is 2. The summed E-state index contributed by atoms with van der Waals surface area (Å²) in [4.78, 5) is 24.3. The Morgan fingerprint density at radius 3 is 2.68 bits per heavy atom. The van der Waals surface area contributed by atoms with Crippen LogP contribution in [0.15, 0.2) is 18.2 Å². The van der Waals surface area contributed by atoms with Gasteiger partial charge in [0.1, 0.15) is 0 Å². The lowest BCUT2D eigenvalue weighted by atomic mass is 10.2. The lowest BCUT2D eigenvalue weighted by Gasteiger charge is -2.10. The molecule has 1 aliphatic carbocycles. The number of ether oxygens (including phenoxy) is 3. The summed E-state index contributed by atoms with van der Waals surface area (Å²) in [6.07, 6.45) is 2.78. The molecule has 7 heteroatoms. The van der Waals surface area contributed by atoms with Gasteiger partial charge < -0.3 is 24.8 Å². The topological polar surface area (TPSA) is 85.9 Å². The molecule has 1 aromatic rings. The van der Waals surface area contributed by atoms with Crippen molar-refractivity contribution in [2.24, 2.45) is 11.8 Å². The van der Waals surface area contributed by atoms with Crippen molar-refractivity contribution in [2.75, 3.05) is 19.9 Å². The molecule has 3 aliphatic rings. The molecule has 1 saturated carbocycles. The van der Waals surface area contributed by atoms with Gasteiger partial charge in [0.15, 0.2) is 11.5 Å². The van der Waals surface area contributed by atoms with E-state index in [-0.39, 0.29) is 36.5 Å². The molecule has 7 nitrogen and oxygen atoms in total. The number of hydrogen-bond donors (Lipinski definition) is 2. The van der Waals surface area contributed by atoms with E-state index in [2.05, 4.69) is 10.6 Å². The predicted molar refractivity (Wildman–Crippen MR) is 88.0 cm³/mol. The minimum Gasteiger partial charge on any atom is -0.454 e. The second-order valence-electron chi connectivity index (χ2n) is 6.73. The number of nitrogens with one attached hydrogen (secondary N) is 2. The molecule has 2 N–H and O–H groups in total. The summed E-state index contributed by atoms with van der Waals surface area (Å²) in [5.74, 6) is 0.870. The molecule has 0 spiro atoms. The van der Waals surface area contributed by atoms with E-state index >= 15 is 0 Å². The Hall–Kier alpha value is -2.28. The number of carbonyl (C=O) groups is 2. The molecule has 3 unspecified atom stereocenters. The molecule has 3 atom stereocenters. The maximum Gasteiger partial charge on any atom is 0.231 e. The van der Waals surface area contributed by atoms with Crippen molar-refractivity contribution in [1.82, 2.24) is 10.6 Å². The van der Waals surface area contributed by atoms with Gasteiger partial charge in [0.25, 0.3) is 0 Å². The van der Waals surface area contributed by atoms with Gasteiger partial charge in [-0.05, 0) is 37.0 Å². The van der Waals surface area contributed by atoms with Crippen molar-refractivity contribution in [1.29, 1.82) is 0 Å². The summed E-state index contributed by atoms with van der Waals surface area (Å²) in [5, 5.41) is 5.79. The maximum atomic E-state index is 12.2. The highest BCUT2D eigenvalue weighted by Crippen LogP contribution is 2.39. The summed E-state index contributed by atoms with van der Waals surface area (Å²) in [5.41, 5.74) is 0.942. The quantitative estimate of drug-likeness (QED) is 0.801. The van der Waals surface area contributed by atoms with E-state index in [0.29, 0.717) is 25.3 Å². The van der Waals surface area contributed by atoms with E-state index in [0.717, 1.165) is 30.8 Å². The fourth-order valence-corrected chi connectivity index (χ4v) is 3.30. The third-order valence-corrected chi connectivity index (χ3v) is 4.90. The molecule has 2 amide bonds. The minimum absolute atomic E-state index is 0.0428. The van der Waals surface area contributed by atoms with Crippen molar-refractivity contribution >= 4 is 11.8 Å². The highest BCUT2D eigenvalue weighted by molar-refractivity contribution is 5.92.